The van der Waals surface area contributed by atoms with Gasteiger partial charge in [0, 0.05) is 28.9 Å². The van der Waals surface area contributed by atoms with Crippen LogP contribution in [0.15, 0.2) is 76.2 Å². The number of hydrogen-bond acceptors (Lipinski definition) is 4. The van der Waals surface area contributed by atoms with E-state index in [1.54, 1.807) is 30.3 Å². The molecule has 230 valence electrons. The minimum absolute atomic E-state index is 0.0368. The molecule has 0 aromatic heterocycles. The highest BCUT2D eigenvalue weighted by atomic mass is 32.2. The average Bonchev–Trinajstić information content (AvgIpc) is 3.23. The van der Waals surface area contributed by atoms with Crippen molar-refractivity contribution in [2.45, 2.75) is 80.4 Å². The fourth-order valence-corrected chi connectivity index (χ4v) is 9.18. The number of halogens is 5. The largest absolute Gasteiger partial charge is 0.456 e. The molecule has 6 rings (SSSR count). The molecule has 2 aromatic carbocycles. The zero-order valence-corrected chi connectivity index (χ0v) is 24.8. The first kappa shape index (κ1) is 30.2. The van der Waals surface area contributed by atoms with Crippen LogP contribution in [-0.4, -0.2) is 39.1 Å². The molecule has 10 heteroatoms. The van der Waals surface area contributed by atoms with Gasteiger partial charge in [0.1, 0.15) is 5.60 Å². The summed E-state index contributed by atoms with van der Waals surface area (Å²) in [6.07, 6.45) is -1.58. The Bertz CT molecular complexity index is 1640. The van der Waals surface area contributed by atoms with Crippen LogP contribution < -0.4 is 0 Å². The van der Waals surface area contributed by atoms with E-state index in [-0.39, 0.29) is 24.5 Å². The number of allylic oxidation sites excluding steroid dienone is 4. The van der Waals surface area contributed by atoms with Gasteiger partial charge in [-0.3, -0.25) is 4.79 Å². The van der Waals surface area contributed by atoms with Crippen LogP contribution in [0.1, 0.15) is 63.4 Å². The number of hydrogen-bond donors (Lipinski definition) is 2. The summed E-state index contributed by atoms with van der Waals surface area (Å²) >= 11 is 0. The maximum atomic E-state index is 15.2. The van der Waals surface area contributed by atoms with Gasteiger partial charge in [-0.15, -0.1) is 0 Å². The van der Waals surface area contributed by atoms with Crippen LogP contribution in [0.2, 0.25) is 0 Å². The van der Waals surface area contributed by atoms with Gasteiger partial charge in [0.05, 0.1) is 9.73 Å². The Kier molecular flexibility index (Phi) is 6.90. The van der Waals surface area contributed by atoms with Gasteiger partial charge < -0.3 is 5.11 Å². The van der Waals surface area contributed by atoms with E-state index in [0.29, 0.717) is 30.6 Å². The summed E-state index contributed by atoms with van der Waals surface area (Å²) in [7, 11) is -2.87. The first-order valence-corrected chi connectivity index (χ1v) is 16.5. The first-order chi connectivity index (χ1) is 20.0. The van der Waals surface area contributed by atoms with Crippen LogP contribution in [0.3, 0.4) is 0 Å². The van der Waals surface area contributed by atoms with E-state index in [1.165, 1.54) is 13.2 Å². The molecular formula is C33H34F5NO3S. The van der Waals surface area contributed by atoms with Gasteiger partial charge in [-0.05, 0) is 96.4 Å². The molecule has 0 amide bonds. The first-order valence-electron chi connectivity index (χ1n) is 14.6. The van der Waals surface area contributed by atoms with Crippen molar-refractivity contribution in [2.75, 3.05) is 6.26 Å². The smallest absolute Gasteiger partial charge is 0.383 e. The topological polar surface area (TPSA) is 78.2 Å². The maximum absolute atomic E-state index is 15.2. The minimum atomic E-state index is -5.89. The van der Waals surface area contributed by atoms with Crippen molar-refractivity contribution < 1.29 is 36.1 Å². The van der Waals surface area contributed by atoms with E-state index in [2.05, 4.69) is 0 Å². The van der Waals surface area contributed by atoms with Crippen molar-refractivity contribution in [2.24, 2.45) is 17.3 Å². The van der Waals surface area contributed by atoms with Crippen molar-refractivity contribution in [3.63, 3.8) is 0 Å². The molecule has 2 fully saturated rings. The van der Waals surface area contributed by atoms with Gasteiger partial charge in [0.25, 0.3) is 0 Å². The minimum Gasteiger partial charge on any atom is -0.383 e. The third-order valence-electron chi connectivity index (χ3n) is 10.7. The van der Waals surface area contributed by atoms with Crippen LogP contribution in [0.5, 0.6) is 0 Å². The molecule has 1 unspecified atom stereocenters. The van der Waals surface area contributed by atoms with Crippen LogP contribution in [0, 0.1) is 22.0 Å². The maximum Gasteiger partial charge on any atom is 0.456 e. The fraction of sp³-hybridized carbons (Fsp3) is 0.485. The molecular weight excluding hydrogens is 585 g/mol. The van der Waals surface area contributed by atoms with Crippen molar-refractivity contribution in [1.29, 1.82) is 4.78 Å². The summed E-state index contributed by atoms with van der Waals surface area (Å²) in [6.45, 7) is 1.42. The third kappa shape index (κ3) is 4.54. The Labute approximate surface area is 248 Å². The Morgan fingerprint density at radius 3 is 2.12 bits per heavy atom. The molecule has 2 N–H and O–H groups in total. The summed E-state index contributed by atoms with van der Waals surface area (Å²) in [4.78, 5) is 12.7. The lowest BCUT2D eigenvalue weighted by Gasteiger charge is -2.56. The average molecular weight is 620 g/mol. The number of nitrogens with one attached hydrogen (secondary N) is 1. The zero-order valence-electron chi connectivity index (χ0n) is 23.9. The van der Waals surface area contributed by atoms with E-state index < -0.39 is 51.1 Å². The molecule has 4 nitrogen and oxygen atoms in total. The normalized spacial score (nSPS) is 32.4. The lowest BCUT2D eigenvalue weighted by Crippen LogP contribution is -2.65. The Morgan fingerprint density at radius 2 is 1.53 bits per heavy atom. The Balaban J connectivity index is 1.45. The van der Waals surface area contributed by atoms with Crippen LogP contribution >= 0.6 is 0 Å². The summed E-state index contributed by atoms with van der Waals surface area (Å²) in [6, 6.07) is 14.2. The second-order valence-electron chi connectivity index (χ2n) is 13.0. The third-order valence-corrected chi connectivity index (χ3v) is 11.9. The van der Waals surface area contributed by atoms with Crippen LogP contribution in [0.25, 0.3) is 11.1 Å². The standard InChI is InChI=1S/C33H34F5NO3S/c1-30-18-27(21-5-3-19(4-6-21)20-7-11-24(12-8-20)43(2,39)42)29-25-14-10-23(40)17-22(25)9-13-26(29)28(30)15-16-31(30,41)32(34,35)33(36,37)38/h3-8,11-12,17,26-28,39,41H,9-10,13-16,18H2,1-2H3/t26-,27+,28-,30-,31+,43?/m0/s1. The SMILES string of the molecule is C[C@]12C[C@H](c3ccc(-c4ccc(S(C)(=N)=O)cc4)cc3)C3=C4CCC(=O)C=C4CC[C@H]3[C@@H]1CC[C@]2(O)C(F)(F)C(F)(F)F. The predicted octanol–water partition coefficient (Wildman–Crippen LogP) is 8.22. The van der Waals surface area contributed by atoms with Gasteiger partial charge in [-0.2, -0.15) is 22.0 Å². The second-order valence-corrected chi connectivity index (χ2v) is 15.1. The summed E-state index contributed by atoms with van der Waals surface area (Å²) < 4.78 is 91.6. The van der Waals surface area contributed by atoms with Crippen LogP contribution in [-0.2, 0) is 14.5 Å². The second kappa shape index (κ2) is 9.83. The van der Waals surface area contributed by atoms with E-state index >= 15 is 8.78 Å². The van der Waals surface area contributed by atoms with Gasteiger partial charge in [-0.25, -0.2) is 8.99 Å². The van der Waals surface area contributed by atoms with Gasteiger partial charge in [0.15, 0.2) is 5.78 Å². The van der Waals surface area contributed by atoms with Crippen molar-refractivity contribution >= 4 is 15.5 Å². The highest BCUT2D eigenvalue weighted by molar-refractivity contribution is 7.91. The number of ketones is 1. The number of aliphatic hydroxyl groups is 1. The predicted molar refractivity (Wildman–Crippen MR) is 153 cm³/mol. The molecule has 0 aliphatic heterocycles. The summed E-state index contributed by atoms with van der Waals surface area (Å²) in [5, 5.41) is 11.4. The monoisotopic (exact) mass is 619 g/mol. The molecule has 2 aromatic rings. The Hall–Kier alpha value is -2.85. The molecule has 0 spiro atoms. The number of fused-ring (bicyclic) bond motifs is 4. The van der Waals surface area contributed by atoms with Crippen molar-refractivity contribution in [3.05, 3.63) is 76.9 Å². The molecule has 0 heterocycles. The quantitative estimate of drug-likeness (QED) is 0.339. The molecule has 0 bridgehead atoms. The van der Waals surface area contributed by atoms with Crippen molar-refractivity contribution in [1.82, 2.24) is 0 Å². The van der Waals surface area contributed by atoms with E-state index in [4.69, 9.17) is 4.78 Å². The molecule has 2 saturated carbocycles. The molecule has 0 saturated heterocycles. The summed E-state index contributed by atoms with van der Waals surface area (Å²) in [5.74, 6) is -6.56. The van der Waals surface area contributed by atoms with E-state index in [9.17, 15) is 27.3 Å². The lowest BCUT2D eigenvalue weighted by molar-refractivity contribution is -0.362. The lowest BCUT2D eigenvalue weighted by atomic mass is 9.50. The van der Waals surface area contributed by atoms with Gasteiger partial charge >= 0.3 is 12.1 Å². The number of alkyl halides is 5. The fourth-order valence-electron chi connectivity index (χ4n) is 8.53. The van der Waals surface area contributed by atoms with Crippen molar-refractivity contribution in [3.8, 4) is 11.1 Å². The van der Waals surface area contributed by atoms with Gasteiger partial charge in [0.2, 0.25) is 0 Å². The molecule has 6 atom stereocenters. The highest BCUT2D eigenvalue weighted by Gasteiger charge is 2.79. The number of carbonyl (C=O) groups excluding carboxylic acids is 1. The number of benzene rings is 2. The number of rotatable bonds is 4. The van der Waals surface area contributed by atoms with E-state index in [1.807, 2.05) is 24.3 Å². The highest BCUT2D eigenvalue weighted by Crippen LogP contribution is 2.70. The Morgan fingerprint density at radius 1 is 0.930 bits per heavy atom. The van der Waals surface area contributed by atoms with E-state index in [0.717, 1.165) is 33.4 Å². The van der Waals surface area contributed by atoms with Gasteiger partial charge in [-0.1, -0.05) is 48.9 Å². The molecule has 4 aliphatic rings. The summed E-state index contributed by atoms with van der Waals surface area (Å²) in [5.41, 5.74) is 0.449. The number of carbonyl (C=O) groups is 1. The molecule has 0 radical (unpaired) electrons. The molecule has 43 heavy (non-hydrogen) atoms. The molecule has 4 aliphatic carbocycles. The zero-order chi connectivity index (χ0) is 31.2. The van der Waals surface area contributed by atoms with Crippen LogP contribution in [0.4, 0.5) is 22.0 Å².